The van der Waals surface area contributed by atoms with Crippen molar-refractivity contribution >= 4 is 11.9 Å². The average Bonchev–Trinajstić information content (AvgIpc) is 2.95. The summed E-state index contributed by atoms with van der Waals surface area (Å²) in [7, 11) is 3.59. The summed E-state index contributed by atoms with van der Waals surface area (Å²) >= 11 is 0. The SMILES string of the molecule is CCCCCC(=O)OC.CCCCCCCCC(CCCCCC)OC(=O)CCCCC(O)C[NH+](C)CCCCC. The summed E-state index contributed by atoms with van der Waals surface area (Å²) in [6.07, 6.45) is 25.1. The molecular weight excluding hydrogens is 514 g/mol. The van der Waals surface area contributed by atoms with E-state index in [1.807, 2.05) is 0 Å². The van der Waals surface area contributed by atoms with E-state index in [4.69, 9.17) is 4.74 Å². The molecule has 0 saturated carbocycles. The van der Waals surface area contributed by atoms with Gasteiger partial charge < -0.3 is 19.5 Å². The molecule has 0 spiro atoms. The molecule has 0 heterocycles. The fourth-order valence-electron chi connectivity index (χ4n) is 5.01. The Kier molecular flexibility index (Phi) is 34.2. The maximum Gasteiger partial charge on any atom is 0.306 e. The van der Waals surface area contributed by atoms with Crippen LogP contribution in [0.5, 0.6) is 0 Å². The minimum Gasteiger partial charge on any atom is -0.469 e. The Hall–Kier alpha value is -1.14. The Morgan fingerprint density at radius 3 is 1.63 bits per heavy atom. The van der Waals surface area contributed by atoms with Crippen molar-refractivity contribution in [2.45, 2.75) is 188 Å². The number of ether oxygens (including phenoxy) is 2. The lowest BCUT2D eigenvalue weighted by molar-refractivity contribution is -0.883. The van der Waals surface area contributed by atoms with Crippen LogP contribution in [0.25, 0.3) is 0 Å². The monoisotopic (exact) mass is 587 g/mol. The fraction of sp³-hybridized carbons (Fsp3) is 0.943. The van der Waals surface area contributed by atoms with Gasteiger partial charge in [0.15, 0.2) is 0 Å². The summed E-state index contributed by atoms with van der Waals surface area (Å²) in [6, 6.07) is 0. The number of carbonyl (C=O) groups excluding carboxylic acids is 2. The highest BCUT2D eigenvalue weighted by Gasteiger charge is 2.15. The van der Waals surface area contributed by atoms with Crippen molar-refractivity contribution < 1.29 is 29.1 Å². The Balaban J connectivity index is 0. The summed E-state index contributed by atoms with van der Waals surface area (Å²) in [5, 5.41) is 10.3. The van der Waals surface area contributed by atoms with E-state index in [1.165, 1.54) is 95.5 Å². The van der Waals surface area contributed by atoms with E-state index in [2.05, 4.69) is 39.5 Å². The van der Waals surface area contributed by atoms with Crippen LogP contribution in [0.1, 0.15) is 175 Å². The van der Waals surface area contributed by atoms with Crippen LogP contribution >= 0.6 is 0 Å². The summed E-state index contributed by atoms with van der Waals surface area (Å²) < 4.78 is 10.3. The zero-order chi connectivity index (χ0) is 31.0. The molecule has 246 valence electrons. The Bertz CT molecular complexity index is 557. The van der Waals surface area contributed by atoms with Crippen LogP contribution in [0.15, 0.2) is 0 Å². The number of rotatable bonds is 28. The van der Waals surface area contributed by atoms with E-state index < -0.39 is 0 Å². The maximum absolute atomic E-state index is 12.4. The third kappa shape index (κ3) is 33.2. The number of hydrogen-bond donors (Lipinski definition) is 2. The van der Waals surface area contributed by atoms with Crippen molar-refractivity contribution in [1.29, 1.82) is 0 Å². The van der Waals surface area contributed by atoms with E-state index in [-0.39, 0.29) is 24.1 Å². The molecule has 0 saturated heterocycles. The van der Waals surface area contributed by atoms with Crippen molar-refractivity contribution in [3.05, 3.63) is 0 Å². The van der Waals surface area contributed by atoms with Gasteiger partial charge in [-0.05, 0) is 57.8 Å². The van der Waals surface area contributed by atoms with Gasteiger partial charge in [0.2, 0.25) is 0 Å². The number of unbranched alkanes of at least 4 members (excludes halogenated alkanes) is 13. The highest BCUT2D eigenvalue weighted by Crippen LogP contribution is 2.17. The van der Waals surface area contributed by atoms with Gasteiger partial charge in [-0.1, -0.05) is 105 Å². The standard InChI is InChI=1S/C28H57NO3.C7H14O2/c1-5-8-11-13-14-16-22-27(21-15-12-9-6-2)32-28(31)23-18-17-20-26(30)25-29(4)24-19-10-7-3;1-3-4-5-6-7(8)9-2/h26-27,30H,5-25H2,1-4H3;3-6H2,1-2H3/p+1. The molecule has 0 amide bonds. The van der Waals surface area contributed by atoms with Gasteiger partial charge in [-0.15, -0.1) is 0 Å². The van der Waals surface area contributed by atoms with Gasteiger partial charge in [0.05, 0.1) is 20.7 Å². The molecule has 0 aliphatic rings. The van der Waals surface area contributed by atoms with Gasteiger partial charge in [-0.25, -0.2) is 0 Å². The zero-order valence-electron chi connectivity index (χ0n) is 28.4. The molecule has 0 rings (SSSR count). The first-order valence-electron chi connectivity index (χ1n) is 17.6. The third-order valence-corrected chi connectivity index (χ3v) is 7.73. The number of likely N-dealkylation sites (N-methyl/N-ethyl adjacent to an activating group) is 1. The van der Waals surface area contributed by atoms with Gasteiger partial charge in [0.1, 0.15) is 18.8 Å². The molecule has 0 aromatic heterocycles. The van der Waals surface area contributed by atoms with Crippen molar-refractivity contribution in [3.63, 3.8) is 0 Å². The average molecular weight is 587 g/mol. The largest absolute Gasteiger partial charge is 0.469 e. The zero-order valence-corrected chi connectivity index (χ0v) is 28.4. The molecule has 0 aromatic carbocycles. The fourth-order valence-corrected chi connectivity index (χ4v) is 5.01. The number of quaternary nitrogens is 1. The molecule has 0 aliphatic heterocycles. The lowest BCUT2D eigenvalue weighted by Crippen LogP contribution is -3.10. The van der Waals surface area contributed by atoms with Crippen LogP contribution in [0, 0.1) is 0 Å². The van der Waals surface area contributed by atoms with Crippen molar-refractivity contribution in [2.75, 3.05) is 27.2 Å². The Labute approximate surface area is 255 Å². The second kappa shape index (κ2) is 33.4. The van der Waals surface area contributed by atoms with Crippen LogP contribution in [0.3, 0.4) is 0 Å². The minimum absolute atomic E-state index is 0.0340. The van der Waals surface area contributed by atoms with E-state index in [1.54, 1.807) is 0 Å². The molecule has 41 heavy (non-hydrogen) atoms. The predicted molar refractivity (Wildman–Crippen MR) is 173 cm³/mol. The highest BCUT2D eigenvalue weighted by molar-refractivity contribution is 5.69. The van der Waals surface area contributed by atoms with Crippen molar-refractivity contribution in [1.82, 2.24) is 0 Å². The molecule has 0 aliphatic carbocycles. The number of nitrogens with one attached hydrogen (secondary N) is 1. The van der Waals surface area contributed by atoms with Crippen LogP contribution in [0.4, 0.5) is 0 Å². The summed E-state index contributed by atoms with van der Waals surface area (Å²) in [5.74, 6) is -0.128. The molecule has 6 nitrogen and oxygen atoms in total. The Morgan fingerprint density at radius 2 is 1.05 bits per heavy atom. The van der Waals surface area contributed by atoms with E-state index >= 15 is 0 Å². The molecule has 6 heteroatoms. The number of esters is 2. The Morgan fingerprint density at radius 1 is 0.610 bits per heavy atom. The maximum atomic E-state index is 12.4. The smallest absolute Gasteiger partial charge is 0.306 e. The first kappa shape index (κ1) is 42.0. The summed E-state index contributed by atoms with van der Waals surface area (Å²) in [4.78, 5) is 24.3. The van der Waals surface area contributed by atoms with Crippen molar-refractivity contribution in [2.24, 2.45) is 0 Å². The number of aliphatic hydroxyl groups excluding tert-OH is 1. The van der Waals surface area contributed by atoms with E-state index in [0.29, 0.717) is 12.8 Å². The molecule has 3 unspecified atom stereocenters. The number of carbonyl (C=O) groups is 2. The van der Waals surface area contributed by atoms with E-state index in [0.717, 1.165) is 64.5 Å². The number of hydrogen-bond acceptors (Lipinski definition) is 5. The first-order valence-corrected chi connectivity index (χ1v) is 17.6. The summed E-state index contributed by atoms with van der Waals surface area (Å²) in [5.41, 5.74) is 0. The molecule has 0 fully saturated rings. The molecule has 0 radical (unpaired) electrons. The highest BCUT2D eigenvalue weighted by atomic mass is 16.5. The lowest BCUT2D eigenvalue weighted by Gasteiger charge is -2.19. The van der Waals surface area contributed by atoms with Crippen LogP contribution in [-0.4, -0.2) is 56.5 Å². The first-order chi connectivity index (χ1) is 19.8. The number of aliphatic hydroxyl groups is 1. The molecule has 0 aromatic rings. The van der Waals surface area contributed by atoms with Gasteiger partial charge in [0, 0.05) is 12.8 Å². The predicted octanol–water partition coefficient (Wildman–Crippen LogP) is 7.99. The normalized spacial score (nSPS) is 13.1. The topological polar surface area (TPSA) is 77.3 Å². The number of methoxy groups -OCH3 is 1. The molecular formula is C35H72NO5+. The van der Waals surface area contributed by atoms with Crippen LogP contribution in [0.2, 0.25) is 0 Å². The van der Waals surface area contributed by atoms with Gasteiger partial charge in [-0.2, -0.15) is 0 Å². The molecule has 0 bridgehead atoms. The van der Waals surface area contributed by atoms with Gasteiger partial charge in [-0.3, -0.25) is 9.59 Å². The second-order valence-corrected chi connectivity index (χ2v) is 12.1. The van der Waals surface area contributed by atoms with E-state index in [9.17, 15) is 14.7 Å². The van der Waals surface area contributed by atoms with Crippen LogP contribution in [-0.2, 0) is 19.1 Å². The lowest BCUT2D eigenvalue weighted by atomic mass is 10.0. The molecule has 3 atom stereocenters. The van der Waals surface area contributed by atoms with Gasteiger partial charge in [0.25, 0.3) is 0 Å². The second-order valence-electron chi connectivity index (χ2n) is 12.1. The third-order valence-electron chi connectivity index (χ3n) is 7.73. The molecule has 2 N–H and O–H groups in total. The minimum atomic E-state index is -0.258. The van der Waals surface area contributed by atoms with Crippen molar-refractivity contribution in [3.8, 4) is 0 Å². The summed E-state index contributed by atoms with van der Waals surface area (Å²) in [6.45, 7) is 10.8. The van der Waals surface area contributed by atoms with Gasteiger partial charge >= 0.3 is 11.9 Å². The van der Waals surface area contributed by atoms with Crippen LogP contribution < -0.4 is 4.90 Å². The quantitative estimate of drug-likeness (QED) is 0.0718.